The van der Waals surface area contributed by atoms with Crippen LogP contribution in [0.1, 0.15) is 13.3 Å². The number of hydrogen-bond donors (Lipinski definition) is 1. The number of piperidine rings is 1. The summed E-state index contributed by atoms with van der Waals surface area (Å²) in [5.74, 6) is -0.304. The number of nitrogens with one attached hydrogen (secondary N) is 1. The highest BCUT2D eigenvalue weighted by Crippen LogP contribution is 2.18. The molecule has 2 amide bonds. The molecule has 1 heterocycles. The molecule has 0 aromatic heterocycles. The molecule has 1 rings (SSSR count). The Labute approximate surface area is 72.7 Å². The maximum Gasteiger partial charge on any atom is 0.239 e. The Kier molecular flexibility index (Phi) is 2.28. The summed E-state index contributed by atoms with van der Waals surface area (Å²) in [5, 5.41) is 2.29. The average molecular weight is 253 g/mol. The van der Waals surface area contributed by atoms with Crippen molar-refractivity contribution < 1.29 is 9.59 Å². The molecule has 2 unspecified atom stereocenters. The van der Waals surface area contributed by atoms with Gasteiger partial charge in [0.1, 0.15) is 0 Å². The average Bonchev–Trinajstić information content (AvgIpc) is 1.84. The molecule has 1 saturated heterocycles. The lowest BCUT2D eigenvalue weighted by Gasteiger charge is -2.20. The van der Waals surface area contributed by atoms with Gasteiger partial charge in [0.05, 0.1) is 3.92 Å². The Morgan fingerprint density at radius 3 is 2.60 bits per heavy atom. The predicted octanol–water partition coefficient (Wildman–Crippen LogP) is 0.473. The third-order valence-electron chi connectivity index (χ3n) is 1.54. The van der Waals surface area contributed by atoms with Gasteiger partial charge in [-0.3, -0.25) is 14.9 Å². The van der Waals surface area contributed by atoms with Gasteiger partial charge in [-0.15, -0.1) is 0 Å². The van der Waals surface area contributed by atoms with E-state index in [0.29, 0.717) is 6.42 Å². The molecule has 1 N–H and O–H groups in total. The van der Waals surface area contributed by atoms with Crippen molar-refractivity contribution in [3.05, 3.63) is 0 Å². The summed E-state index contributed by atoms with van der Waals surface area (Å²) in [5.41, 5.74) is 0. The van der Waals surface area contributed by atoms with Crippen molar-refractivity contribution in [3.63, 3.8) is 0 Å². The van der Waals surface area contributed by atoms with Crippen molar-refractivity contribution in [2.24, 2.45) is 5.92 Å². The number of imide groups is 1. The first-order valence-corrected chi connectivity index (χ1v) is 4.34. The Morgan fingerprint density at radius 1 is 1.50 bits per heavy atom. The first-order valence-electron chi connectivity index (χ1n) is 3.10. The maximum atomic E-state index is 10.8. The highest BCUT2D eigenvalue weighted by molar-refractivity contribution is 14.1. The molecule has 4 heteroatoms. The Balaban J connectivity index is 2.63. The van der Waals surface area contributed by atoms with Gasteiger partial charge in [-0.1, -0.05) is 29.5 Å². The molecule has 10 heavy (non-hydrogen) atoms. The van der Waals surface area contributed by atoms with Crippen LogP contribution in [0.3, 0.4) is 0 Å². The monoisotopic (exact) mass is 253 g/mol. The molecular formula is C6H8INO2. The molecule has 0 saturated carbocycles. The number of carbonyl (C=O) groups is 2. The molecule has 0 radical (unpaired) electrons. The molecule has 1 fully saturated rings. The van der Waals surface area contributed by atoms with Crippen LogP contribution in [-0.2, 0) is 9.59 Å². The van der Waals surface area contributed by atoms with Crippen LogP contribution in [0.15, 0.2) is 0 Å². The lowest BCUT2D eigenvalue weighted by Crippen LogP contribution is -2.45. The summed E-state index contributed by atoms with van der Waals surface area (Å²) in [7, 11) is 0. The standard InChI is InChI=1S/C6H8INO2/c1-3-2-4(7)6(10)8-5(3)9/h3-4H,2H2,1H3,(H,8,9,10). The molecule has 3 nitrogen and oxygen atoms in total. The fourth-order valence-corrected chi connectivity index (χ4v) is 1.77. The van der Waals surface area contributed by atoms with Crippen molar-refractivity contribution >= 4 is 34.4 Å². The van der Waals surface area contributed by atoms with Gasteiger partial charge in [-0.25, -0.2) is 0 Å². The molecular weight excluding hydrogens is 245 g/mol. The summed E-state index contributed by atoms with van der Waals surface area (Å²) in [4.78, 5) is 21.6. The van der Waals surface area contributed by atoms with E-state index in [4.69, 9.17) is 0 Å². The zero-order valence-corrected chi connectivity index (χ0v) is 7.71. The molecule has 0 aromatic rings. The van der Waals surface area contributed by atoms with Crippen LogP contribution in [0.4, 0.5) is 0 Å². The quantitative estimate of drug-likeness (QED) is 0.387. The summed E-state index contributed by atoms with van der Waals surface area (Å²) < 4.78 is -0.0368. The van der Waals surface area contributed by atoms with E-state index in [1.807, 2.05) is 29.5 Å². The van der Waals surface area contributed by atoms with E-state index in [2.05, 4.69) is 5.32 Å². The van der Waals surface area contributed by atoms with Crippen molar-refractivity contribution in [3.8, 4) is 0 Å². The summed E-state index contributed by atoms with van der Waals surface area (Å²) >= 11 is 2.04. The smallest absolute Gasteiger partial charge is 0.239 e. The Hall–Kier alpha value is -0.130. The topological polar surface area (TPSA) is 46.2 Å². The largest absolute Gasteiger partial charge is 0.295 e. The maximum absolute atomic E-state index is 10.8. The van der Waals surface area contributed by atoms with Crippen LogP contribution in [0, 0.1) is 5.92 Å². The number of alkyl halides is 1. The fourth-order valence-electron chi connectivity index (χ4n) is 0.847. The highest BCUT2D eigenvalue weighted by Gasteiger charge is 2.29. The Bertz CT molecular complexity index is 163. The zero-order valence-electron chi connectivity index (χ0n) is 5.56. The van der Waals surface area contributed by atoms with Gasteiger partial charge < -0.3 is 0 Å². The highest BCUT2D eigenvalue weighted by atomic mass is 127. The SMILES string of the molecule is CC1CC(I)C(=O)NC1=O. The first-order chi connectivity index (χ1) is 4.61. The molecule has 0 spiro atoms. The van der Waals surface area contributed by atoms with E-state index in [1.165, 1.54) is 0 Å². The van der Waals surface area contributed by atoms with Gasteiger partial charge in [0, 0.05) is 5.92 Å². The minimum Gasteiger partial charge on any atom is -0.295 e. The van der Waals surface area contributed by atoms with Gasteiger partial charge in [-0.05, 0) is 6.42 Å². The first kappa shape index (κ1) is 7.97. The van der Waals surface area contributed by atoms with Gasteiger partial charge in [0.15, 0.2) is 0 Å². The minimum absolute atomic E-state index is 0.0143. The lowest BCUT2D eigenvalue weighted by atomic mass is 10.0. The van der Waals surface area contributed by atoms with E-state index in [1.54, 1.807) is 0 Å². The van der Waals surface area contributed by atoms with Crippen LogP contribution in [-0.4, -0.2) is 15.7 Å². The number of carbonyl (C=O) groups excluding carboxylic acids is 2. The summed E-state index contributed by atoms with van der Waals surface area (Å²) in [6.07, 6.45) is 0.672. The molecule has 56 valence electrons. The molecule has 0 bridgehead atoms. The number of amides is 2. The molecule has 2 atom stereocenters. The van der Waals surface area contributed by atoms with E-state index >= 15 is 0 Å². The van der Waals surface area contributed by atoms with Gasteiger partial charge in [0.2, 0.25) is 11.8 Å². The van der Waals surface area contributed by atoms with Crippen LogP contribution < -0.4 is 5.32 Å². The normalized spacial score (nSPS) is 33.8. The van der Waals surface area contributed by atoms with Gasteiger partial charge in [0.25, 0.3) is 0 Å². The van der Waals surface area contributed by atoms with Gasteiger partial charge >= 0.3 is 0 Å². The van der Waals surface area contributed by atoms with Crippen LogP contribution in [0.5, 0.6) is 0 Å². The lowest BCUT2D eigenvalue weighted by molar-refractivity contribution is -0.135. The number of hydrogen-bond acceptors (Lipinski definition) is 2. The van der Waals surface area contributed by atoms with E-state index in [0.717, 1.165) is 0 Å². The van der Waals surface area contributed by atoms with Crippen molar-refractivity contribution in [2.45, 2.75) is 17.3 Å². The van der Waals surface area contributed by atoms with Crippen LogP contribution in [0.2, 0.25) is 0 Å². The number of rotatable bonds is 0. The third kappa shape index (κ3) is 1.47. The van der Waals surface area contributed by atoms with Crippen molar-refractivity contribution in [1.82, 2.24) is 5.32 Å². The minimum atomic E-state index is -0.149. The predicted molar refractivity (Wildman–Crippen MR) is 44.7 cm³/mol. The molecule has 1 aliphatic heterocycles. The van der Waals surface area contributed by atoms with E-state index in [-0.39, 0.29) is 21.7 Å². The van der Waals surface area contributed by atoms with Crippen LogP contribution in [0.25, 0.3) is 0 Å². The Morgan fingerprint density at radius 2 is 2.10 bits per heavy atom. The van der Waals surface area contributed by atoms with E-state index in [9.17, 15) is 9.59 Å². The zero-order chi connectivity index (χ0) is 7.72. The van der Waals surface area contributed by atoms with E-state index < -0.39 is 0 Å². The fraction of sp³-hybridized carbons (Fsp3) is 0.667. The second kappa shape index (κ2) is 2.86. The van der Waals surface area contributed by atoms with Crippen LogP contribution >= 0.6 is 22.6 Å². The molecule has 0 aromatic carbocycles. The van der Waals surface area contributed by atoms with Gasteiger partial charge in [-0.2, -0.15) is 0 Å². The number of halogens is 1. The second-order valence-electron chi connectivity index (χ2n) is 2.46. The van der Waals surface area contributed by atoms with Crippen molar-refractivity contribution in [2.75, 3.05) is 0 Å². The molecule has 1 aliphatic rings. The molecule has 0 aliphatic carbocycles. The second-order valence-corrected chi connectivity index (χ2v) is 3.96. The summed E-state index contributed by atoms with van der Waals surface area (Å²) in [6, 6.07) is 0. The third-order valence-corrected chi connectivity index (χ3v) is 2.61. The summed E-state index contributed by atoms with van der Waals surface area (Å²) in [6.45, 7) is 1.83. The van der Waals surface area contributed by atoms with Crippen molar-refractivity contribution in [1.29, 1.82) is 0 Å².